The smallest absolute Gasteiger partial charge is 0.240 e. The Balaban J connectivity index is 2.86. The predicted molar refractivity (Wildman–Crippen MR) is 80.1 cm³/mol. The molecule has 4 heteroatoms. The minimum atomic E-state index is -0.786. The standard InChI is InChI=1S/C15H23ClN2O/c1-4-13(11-8-7-9-12(16)10-11)18-14(19)15(17,5-2)6-3/h7-10,13H,4-6,17H2,1-3H3,(H,18,19). The highest BCUT2D eigenvalue weighted by Gasteiger charge is 2.31. The average Bonchev–Trinajstić information content (AvgIpc) is 2.43. The van der Waals surface area contributed by atoms with Crippen LogP contribution < -0.4 is 11.1 Å². The van der Waals surface area contributed by atoms with Gasteiger partial charge in [-0.1, -0.05) is 44.5 Å². The number of benzene rings is 1. The van der Waals surface area contributed by atoms with E-state index in [4.69, 9.17) is 17.3 Å². The van der Waals surface area contributed by atoms with E-state index in [2.05, 4.69) is 5.32 Å². The number of halogens is 1. The minimum Gasteiger partial charge on any atom is -0.348 e. The van der Waals surface area contributed by atoms with Gasteiger partial charge in [-0.05, 0) is 37.0 Å². The third kappa shape index (κ3) is 3.95. The van der Waals surface area contributed by atoms with Crippen LogP contribution in [0.3, 0.4) is 0 Å². The summed E-state index contributed by atoms with van der Waals surface area (Å²) in [4.78, 5) is 12.3. The minimum absolute atomic E-state index is 0.0489. The fraction of sp³-hybridized carbons (Fsp3) is 0.533. The molecule has 0 aliphatic rings. The number of rotatable bonds is 6. The maximum atomic E-state index is 12.3. The lowest BCUT2D eigenvalue weighted by atomic mass is 9.92. The molecule has 1 atom stereocenters. The molecule has 1 aromatic carbocycles. The molecule has 0 spiro atoms. The van der Waals surface area contributed by atoms with Crippen LogP contribution in [0.25, 0.3) is 0 Å². The van der Waals surface area contributed by atoms with Gasteiger partial charge in [0.1, 0.15) is 0 Å². The van der Waals surface area contributed by atoms with Crippen molar-refractivity contribution < 1.29 is 4.79 Å². The Kier molecular flexibility index (Phi) is 5.83. The van der Waals surface area contributed by atoms with Crippen molar-refractivity contribution in [1.29, 1.82) is 0 Å². The van der Waals surface area contributed by atoms with E-state index in [1.165, 1.54) is 0 Å². The van der Waals surface area contributed by atoms with Crippen molar-refractivity contribution in [2.75, 3.05) is 0 Å². The summed E-state index contributed by atoms with van der Waals surface area (Å²) in [7, 11) is 0. The average molecular weight is 283 g/mol. The first-order valence-electron chi connectivity index (χ1n) is 6.82. The van der Waals surface area contributed by atoms with Crippen LogP contribution in [0.15, 0.2) is 24.3 Å². The zero-order valence-electron chi connectivity index (χ0n) is 11.9. The molecule has 0 aromatic heterocycles. The van der Waals surface area contributed by atoms with Crippen molar-refractivity contribution in [3.05, 3.63) is 34.9 Å². The zero-order valence-corrected chi connectivity index (χ0v) is 12.6. The Bertz CT molecular complexity index is 430. The molecule has 1 amide bonds. The second kappa shape index (κ2) is 6.92. The van der Waals surface area contributed by atoms with E-state index in [0.717, 1.165) is 12.0 Å². The second-order valence-electron chi connectivity index (χ2n) is 4.85. The van der Waals surface area contributed by atoms with E-state index >= 15 is 0 Å². The van der Waals surface area contributed by atoms with Crippen molar-refractivity contribution >= 4 is 17.5 Å². The van der Waals surface area contributed by atoms with Gasteiger partial charge in [0.25, 0.3) is 0 Å². The van der Waals surface area contributed by atoms with E-state index in [-0.39, 0.29) is 11.9 Å². The Morgan fingerprint density at radius 3 is 2.47 bits per heavy atom. The zero-order chi connectivity index (χ0) is 14.5. The normalized spacial score (nSPS) is 13.1. The van der Waals surface area contributed by atoms with Crippen molar-refractivity contribution in [2.24, 2.45) is 5.73 Å². The largest absolute Gasteiger partial charge is 0.348 e. The molecule has 1 aromatic rings. The van der Waals surface area contributed by atoms with Crippen molar-refractivity contribution in [1.82, 2.24) is 5.32 Å². The van der Waals surface area contributed by atoms with E-state index in [1.54, 1.807) is 0 Å². The van der Waals surface area contributed by atoms with Crippen LogP contribution in [-0.2, 0) is 4.79 Å². The molecule has 19 heavy (non-hydrogen) atoms. The number of hydrogen-bond acceptors (Lipinski definition) is 2. The highest BCUT2D eigenvalue weighted by atomic mass is 35.5. The molecule has 106 valence electrons. The van der Waals surface area contributed by atoms with Crippen LogP contribution in [0, 0.1) is 0 Å². The number of carbonyl (C=O) groups excluding carboxylic acids is 1. The molecule has 0 aliphatic carbocycles. The van der Waals surface area contributed by atoms with Crippen LogP contribution >= 0.6 is 11.6 Å². The van der Waals surface area contributed by atoms with Crippen LogP contribution in [0.5, 0.6) is 0 Å². The molecule has 0 fully saturated rings. The number of amides is 1. The summed E-state index contributed by atoms with van der Waals surface area (Å²) < 4.78 is 0. The molecule has 1 rings (SSSR count). The Morgan fingerprint density at radius 1 is 1.37 bits per heavy atom. The molecule has 0 saturated heterocycles. The van der Waals surface area contributed by atoms with Gasteiger partial charge < -0.3 is 11.1 Å². The highest BCUT2D eigenvalue weighted by Crippen LogP contribution is 2.22. The molecule has 3 N–H and O–H groups in total. The van der Waals surface area contributed by atoms with Gasteiger partial charge in [-0.25, -0.2) is 0 Å². The van der Waals surface area contributed by atoms with Gasteiger partial charge in [0.05, 0.1) is 11.6 Å². The predicted octanol–water partition coefficient (Wildman–Crippen LogP) is 3.42. The van der Waals surface area contributed by atoms with Gasteiger partial charge in [-0.2, -0.15) is 0 Å². The van der Waals surface area contributed by atoms with E-state index in [9.17, 15) is 4.79 Å². The van der Waals surface area contributed by atoms with Gasteiger partial charge in [-0.15, -0.1) is 0 Å². The Labute approximate surface area is 120 Å². The second-order valence-corrected chi connectivity index (χ2v) is 5.29. The number of nitrogens with one attached hydrogen (secondary N) is 1. The molecule has 0 radical (unpaired) electrons. The molecular formula is C15H23ClN2O. The van der Waals surface area contributed by atoms with Gasteiger partial charge in [0.2, 0.25) is 5.91 Å². The molecule has 0 saturated carbocycles. The Morgan fingerprint density at radius 2 is 2.00 bits per heavy atom. The third-order valence-electron chi connectivity index (χ3n) is 3.68. The summed E-state index contributed by atoms with van der Waals surface area (Å²) in [6.45, 7) is 5.90. The maximum absolute atomic E-state index is 12.3. The number of hydrogen-bond donors (Lipinski definition) is 2. The van der Waals surface area contributed by atoms with E-state index < -0.39 is 5.54 Å². The SMILES string of the molecule is CCC(NC(=O)C(N)(CC)CC)c1cccc(Cl)c1. The summed E-state index contributed by atoms with van der Waals surface area (Å²) in [5.41, 5.74) is 6.34. The summed E-state index contributed by atoms with van der Waals surface area (Å²) in [6.07, 6.45) is 2.05. The molecule has 0 heterocycles. The molecule has 0 bridgehead atoms. The van der Waals surface area contributed by atoms with E-state index in [0.29, 0.717) is 17.9 Å². The van der Waals surface area contributed by atoms with Crippen molar-refractivity contribution in [3.8, 4) is 0 Å². The van der Waals surface area contributed by atoms with Gasteiger partial charge >= 0.3 is 0 Å². The lowest BCUT2D eigenvalue weighted by Gasteiger charge is -2.28. The fourth-order valence-corrected chi connectivity index (χ4v) is 2.22. The van der Waals surface area contributed by atoms with Crippen LogP contribution in [0.2, 0.25) is 5.02 Å². The van der Waals surface area contributed by atoms with Crippen LogP contribution in [0.1, 0.15) is 51.6 Å². The molecular weight excluding hydrogens is 260 g/mol. The van der Waals surface area contributed by atoms with Gasteiger partial charge in [0.15, 0.2) is 0 Å². The highest BCUT2D eigenvalue weighted by molar-refractivity contribution is 6.30. The lowest BCUT2D eigenvalue weighted by Crippen LogP contribution is -2.53. The Hall–Kier alpha value is -1.06. The molecule has 3 nitrogen and oxygen atoms in total. The lowest BCUT2D eigenvalue weighted by molar-refractivity contribution is -0.127. The first kappa shape index (κ1) is 16.0. The first-order chi connectivity index (χ1) is 8.96. The van der Waals surface area contributed by atoms with Gasteiger partial charge in [-0.3, -0.25) is 4.79 Å². The third-order valence-corrected chi connectivity index (χ3v) is 3.91. The quantitative estimate of drug-likeness (QED) is 0.840. The van der Waals surface area contributed by atoms with Gasteiger partial charge in [0, 0.05) is 5.02 Å². The summed E-state index contributed by atoms with van der Waals surface area (Å²) in [5.74, 6) is -0.0932. The van der Waals surface area contributed by atoms with Crippen molar-refractivity contribution in [3.63, 3.8) is 0 Å². The summed E-state index contributed by atoms with van der Waals surface area (Å²) >= 11 is 5.99. The first-order valence-corrected chi connectivity index (χ1v) is 7.20. The van der Waals surface area contributed by atoms with Crippen LogP contribution in [-0.4, -0.2) is 11.4 Å². The maximum Gasteiger partial charge on any atom is 0.240 e. The number of nitrogens with two attached hydrogens (primary N) is 1. The topological polar surface area (TPSA) is 55.1 Å². The summed E-state index contributed by atoms with van der Waals surface area (Å²) in [5, 5.41) is 3.71. The summed E-state index contributed by atoms with van der Waals surface area (Å²) in [6, 6.07) is 7.52. The van der Waals surface area contributed by atoms with Crippen molar-refractivity contribution in [2.45, 2.75) is 51.6 Å². The number of carbonyl (C=O) groups is 1. The van der Waals surface area contributed by atoms with E-state index in [1.807, 2.05) is 45.0 Å². The fourth-order valence-electron chi connectivity index (χ4n) is 2.02. The molecule has 1 unspecified atom stereocenters. The monoisotopic (exact) mass is 282 g/mol. The molecule has 0 aliphatic heterocycles. The van der Waals surface area contributed by atoms with Crippen LogP contribution in [0.4, 0.5) is 0 Å².